The molecule has 88 valence electrons. The standard InChI is InChI=1S/C13H15N3O/c1-3-10-6-13(16-8-15-10)17-11-5-4-9(2)12(14)7-11/h4-8H,3,14H2,1-2H3. The average molecular weight is 229 g/mol. The second kappa shape index (κ2) is 4.82. The van der Waals surface area contributed by atoms with Crippen molar-refractivity contribution in [1.29, 1.82) is 0 Å². The lowest BCUT2D eigenvalue weighted by Gasteiger charge is -2.07. The zero-order valence-corrected chi connectivity index (χ0v) is 9.97. The van der Waals surface area contributed by atoms with Gasteiger partial charge in [-0.1, -0.05) is 13.0 Å². The lowest BCUT2D eigenvalue weighted by molar-refractivity contribution is 0.460. The van der Waals surface area contributed by atoms with Crippen molar-refractivity contribution >= 4 is 5.69 Å². The van der Waals surface area contributed by atoms with E-state index in [4.69, 9.17) is 10.5 Å². The van der Waals surface area contributed by atoms with E-state index in [1.165, 1.54) is 6.33 Å². The number of hydrogen-bond acceptors (Lipinski definition) is 4. The van der Waals surface area contributed by atoms with Crippen LogP contribution in [0.5, 0.6) is 11.6 Å². The quantitative estimate of drug-likeness (QED) is 0.822. The summed E-state index contributed by atoms with van der Waals surface area (Å²) in [7, 11) is 0. The third-order valence-corrected chi connectivity index (χ3v) is 2.53. The van der Waals surface area contributed by atoms with E-state index in [2.05, 4.69) is 9.97 Å². The van der Waals surface area contributed by atoms with Crippen LogP contribution in [-0.2, 0) is 6.42 Å². The SMILES string of the molecule is CCc1cc(Oc2ccc(C)c(N)c2)ncn1. The van der Waals surface area contributed by atoms with Crippen LogP contribution in [0.25, 0.3) is 0 Å². The minimum atomic E-state index is 0.542. The van der Waals surface area contributed by atoms with E-state index in [-0.39, 0.29) is 0 Å². The van der Waals surface area contributed by atoms with Gasteiger partial charge >= 0.3 is 0 Å². The summed E-state index contributed by atoms with van der Waals surface area (Å²) in [5, 5.41) is 0. The molecule has 1 aromatic carbocycles. The van der Waals surface area contributed by atoms with Gasteiger partial charge in [0.2, 0.25) is 5.88 Å². The maximum atomic E-state index is 5.82. The molecule has 4 nitrogen and oxygen atoms in total. The van der Waals surface area contributed by atoms with Crippen molar-refractivity contribution in [2.75, 3.05) is 5.73 Å². The van der Waals surface area contributed by atoms with Crippen LogP contribution < -0.4 is 10.5 Å². The molecule has 0 aliphatic heterocycles. The molecule has 2 N–H and O–H groups in total. The molecule has 17 heavy (non-hydrogen) atoms. The number of aryl methyl sites for hydroxylation is 2. The molecule has 0 amide bonds. The summed E-state index contributed by atoms with van der Waals surface area (Å²) in [4.78, 5) is 8.18. The molecule has 0 aliphatic rings. The number of rotatable bonds is 3. The second-order valence-electron chi connectivity index (χ2n) is 3.82. The molecule has 0 radical (unpaired) electrons. The normalized spacial score (nSPS) is 10.2. The van der Waals surface area contributed by atoms with E-state index in [0.717, 1.165) is 17.7 Å². The van der Waals surface area contributed by atoms with Crippen LogP contribution in [0, 0.1) is 6.92 Å². The van der Waals surface area contributed by atoms with Crippen LogP contribution in [0.15, 0.2) is 30.6 Å². The van der Waals surface area contributed by atoms with Crippen LogP contribution in [0.2, 0.25) is 0 Å². The van der Waals surface area contributed by atoms with Gasteiger partial charge in [0.1, 0.15) is 12.1 Å². The summed E-state index contributed by atoms with van der Waals surface area (Å²) < 4.78 is 5.63. The molecular formula is C13H15N3O. The van der Waals surface area contributed by atoms with Crippen LogP contribution >= 0.6 is 0 Å². The summed E-state index contributed by atoms with van der Waals surface area (Å²) in [6.07, 6.45) is 2.36. The van der Waals surface area contributed by atoms with Crippen molar-refractivity contribution in [1.82, 2.24) is 9.97 Å². The summed E-state index contributed by atoms with van der Waals surface area (Å²) in [5.74, 6) is 1.23. The second-order valence-corrected chi connectivity index (χ2v) is 3.82. The van der Waals surface area contributed by atoms with Gasteiger partial charge in [-0.05, 0) is 25.0 Å². The third-order valence-electron chi connectivity index (χ3n) is 2.53. The maximum Gasteiger partial charge on any atom is 0.222 e. The minimum absolute atomic E-state index is 0.542. The van der Waals surface area contributed by atoms with Crippen molar-refractivity contribution in [2.45, 2.75) is 20.3 Å². The molecule has 0 bridgehead atoms. The highest BCUT2D eigenvalue weighted by Gasteiger charge is 2.02. The Balaban J connectivity index is 2.22. The van der Waals surface area contributed by atoms with Gasteiger partial charge in [-0.25, -0.2) is 9.97 Å². The van der Waals surface area contributed by atoms with Crippen LogP contribution in [0.4, 0.5) is 5.69 Å². The molecule has 0 unspecified atom stereocenters. The van der Waals surface area contributed by atoms with E-state index in [1.54, 1.807) is 6.07 Å². The van der Waals surface area contributed by atoms with Gasteiger partial charge in [0.15, 0.2) is 0 Å². The van der Waals surface area contributed by atoms with Gasteiger partial charge in [0, 0.05) is 23.5 Å². The van der Waals surface area contributed by atoms with Gasteiger partial charge in [-0.3, -0.25) is 0 Å². The molecule has 1 aromatic heterocycles. The third kappa shape index (κ3) is 2.72. The highest BCUT2D eigenvalue weighted by atomic mass is 16.5. The lowest BCUT2D eigenvalue weighted by atomic mass is 10.2. The number of nitrogen functional groups attached to an aromatic ring is 1. The molecule has 4 heteroatoms. The molecular weight excluding hydrogens is 214 g/mol. The first-order chi connectivity index (χ1) is 8.19. The van der Waals surface area contributed by atoms with Gasteiger partial charge in [-0.15, -0.1) is 0 Å². The lowest BCUT2D eigenvalue weighted by Crippen LogP contribution is -1.94. The Labute approximate surface area is 100 Å². The maximum absolute atomic E-state index is 5.82. The number of nitrogens with two attached hydrogens (primary N) is 1. The zero-order chi connectivity index (χ0) is 12.3. The summed E-state index contributed by atoms with van der Waals surface area (Å²) in [6, 6.07) is 7.42. The highest BCUT2D eigenvalue weighted by Crippen LogP contribution is 2.23. The van der Waals surface area contributed by atoms with E-state index in [0.29, 0.717) is 17.3 Å². The zero-order valence-electron chi connectivity index (χ0n) is 9.97. The fourth-order valence-electron chi connectivity index (χ4n) is 1.43. The van der Waals surface area contributed by atoms with Gasteiger partial charge in [-0.2, -0.15) is 0 Å². The predicted octanol–water partition coefficient (Wildman–Crippen LogP) is 2.72. The van der Waals surface area contributed by atoms with E-state index < -0.39 is 0 Å². The molecule has 0 atom stereocenters. The summed E-state index contributed by atoms with van der Waals surface area (Å²) >= 11 is 0. The van der Waals surface area contributed by atoms with Crippen molar-refractivity contribution in [3.63, 3.8) is 0 Å². The molecule has 0 saturated carbocycles. The van der Waals surface area contributed by atoms with Crippen molar-refractivity contribution in [3.05, 3.63) is 41.9 Å². The number of ether oxygens (including phenoxy) is 1. The number of anilines is 1. The molecule has 0 fully saturated rings. The van der Waals surface area contributed by atoms with Crippen molar-refractivity contribution in [2.24, 2.45) is 0 Å². The topological polar surface area (TPSA) is 61.0 Å². The molecule has 2 rings (SSSR count). The van der Waals surface area contributed by atoms with Crippen molar-refractivity contribution in [3.8, 4) is 11.6 Å². The number of benzene rings is 1. The summed E-state index contributed by atoms with van der Waals surface area (Å²) in [5.41, 5.74) is 8.52. The number of hydrogen-bond donors (Lipinski definition) is 1. The van der Waals surface area contributed by atoms with Gasteiger partial charge in [0.05, 0.1) is 0 Å². The fraction of sp³-hybridized carbons (Fsp3) is 0.231. The first-order valence-electron chi connectivity index (χ1n) is 5.54. The highest BCUT2D eigenvalue weighted by molar-refractivity contribution is 5.51. The Hall–Kier alpha value is -2.10. The first-order valence-corrected chi connectivity index (χ1v) is 5.54. The predicted molar refractivity (Wildman–Crippen MR) is 67.1 cm³/mol. The first kappa shape index (κ1) is 11.4. The van der Waals surface area contributed by atoms with E-state index in [1.807, 2.05) is 32.0 Å². The monoisotopic (exact) mass is 229 g/mol. The fourth-order valence-corrected chi connectivity index (χ4v) is 1.43. The smallest absolute Gasteiger partial charge is 0.222 e. The largest absolute Gasteiger partial charge is 0.439 e. The minimum Gasteiger partial charge on any atom is -0.439 e. The number of aromatic nitrogens is 2. The van der Waals surface area contributed by atoms with Gasteiger partial charge in [0.25, 0.3) is 0 Å². The van der Waals surface area contributed by atoms with Crippen molar-refractivity contribution < 1.29 is 4.74 Å². The Bertz CT molecular complexity index is 526. The van der Waals surface area contributed by atoms with E-state index >= 15 is 0 Å². The Kier molecular flexibility index (Phi) is 3.23. The van der Waals surface area contributed by atoms with E-state index in [9.17, 15) is 0 Å². The Morgan fingerprint density at radius 2 is 2.06 bits per heavy atom. The molecule has 1 heterocycles. The Morgan fingerprint density at radius 3 is 2.76 bits per heavy atom. The average Bonchev–Trinajstić information content (AvgIpc) is 2.34. The molecule has 0 saturated heterocycles. The van der Waals surface area contributed by atoms with Crippen LogP contribution in [-0.4, -0.2) is 9.97 Å². The number of nitrogens with zero attached hydrogens (tertiary/aromatic N) is 2. The molecule has 0 aliphatic carbocycles. The van der Waals surface area contributed by atoms with Gasteiger partial charge < -0.3 is 10.5 Å². The Morgan fingerprint density at radius 1 is 1.24 bits per heavy atom. The van der Waals surface area contributed by atoms with Crippen LogP contribution in [0.3, 0.4) is 0 Å². The molecule has 2 aromatic rings. The summed E-state index contributed by atoms with van der Waals surface area (Å²) in [6.45, 7) is 4.00. The molecule has 0 spiro atoms. The van der Waals surface area contributed by atoms with Crippen LogP contribution in [0.1, 0.15) is 18.2 Å².